The number of rotatable bonds is 12. The first-order valence-corrected chi connectivity index (χ1v) is 9.71. The van der Waals surface area contributed by atoms with Gasteiger partial charge in [0.25, 0.3) is 0 Å². The number of aryl methyl sites for hydroxylation is 1. The van der Waals surface area contributed by atoms with E-state index in [0.717, 1.165) is 51.0 Å². The topological polar surface area (TPSA) is 73.1 Å². The van der Waals surface area contributed by atoms with Crippen molar-refractivity contribution in [3.05, 3.63) is 30.3 Å². The molecule has 0 atom stereocenters. The van der Waals surface area contributed by atoms with Gasteiger partial charge in [0.15, 0.2) is 0 Å². The van der Waals surface area contributed by atoms with Crippen LogP contribution in [0, 0.1) is 5.92 Å². The van der Waals surface area contributed by atoms with Crippen LogP contribution in [0.4, 0.5) is 0 Å². The van der Waals surface area contributed by atoms with E-state index in [9.17, 15) is 4.79 Å². The van der Waals surface area contributed by atoms with Gasteiger partial charge < -0.3 is 9.64 Å². The number of nitrogens with zero attached hydrogens (tertiary/aromatic N) is 5. The second-order valence-corrected chi connectivity index (χ2v) is 7.16. The molecule has 7 heteroatoms. The minimum Gasteiger partial charge on any atom is -0.469 e. The number of aromatic nitrogens is 4. The molecule has 0 N–H and O–H groups in total. The molecule has 1 aromatic heterocycles. The molecule has 2 rings (SSSR count). The van der Waals surface area contributed by atoms with Crippen molar-refractivity contribution >= 4 is 5.97 Å². The summed E-state index contributed by atoms with van der Waals surface area (Å²) in [4.78, 5) is 15.4. The van der Waals surface area contributed by atoms with Gasteiger partial charge in [-0.25, -0.2) is 0 Å². The summed E-state index contributed by atoms with van der Waals surface area (Å²) in [6, 6.07) is 9.89. The Kier molecular flexibility index (Phi) is 8.91. The summed E-state index contributed by atoms with van der Waals surface area (Å²) in [5.41, 5.74) is 0.985. The number of methoxy groups -OCH3 is 1. The Labute approximate surface area is 161 Å². The van der Waals surface area contributed by atoms with E-state index in [-0.39, 0.29) is 5.97 Å². The lowest BCUT2D eigenvalue weighted by molar-refractivity contribution is -0.141. The Bertz CT molecular complexity index is 672. The molecule has 0 aliphatic heterocycles. The Morgan fingerprint density at radius 1 is 1.15 bits per heavy atom. The van der Waals surface area contributed by atoms with Gasteiger partial charge in [0.2, 0.25) is 5.82 Å². The third-order valence-electron chi connectivity index (χ3n) is 4.30. The molecule has 1 aromatic carbocycles. The molecule has 0 aliphatic carbocycles. The third kappa shape index (κ3) is 7.86. The first-order chi connectivity index (χ1) is 13.1. The molecular formula is C20H31N5O2. The maximum Gasteiger partial charge on any atom is 0.306 e. The summed E-state index contributed by atoms with van der Waals surface area (Å²) in [5.74, 6) is 1.11. The highest BCUT2D eigenvalue weighted by Gasteiger charge is 2.10. The second kappa shape index (κ2) is 11.4. The minimum atomic E-state index is -0.143. The molecule has 148 valence electrons. The van der Waals surface area contributed by atoms with Crippen LogP contribution in [-0.4, -0.2) is 57.8 Å². The van der Waals surface area contributed by atoms with Crippen molar-refractivity contribution in [3.8, 4) is 11.4 Å². The molecule has 0 radical (unpaired) electrons. The van der Waals surface area contributed by atoms with Gasteiger partial charge in [0.1, 0.15) is 0 Å². The van der Waals surface area contributed by atoms with Crippen LogP contribution in [0.5, 0.6) is 0 Å². The van der Waals surface area contributed by atoms with E-state index in [4.69, 9.17) is 4.74 Å². The average molecular weight is 374 g/mol. The van der Waals surface area contributed by atoms with Crippen molar-refractivity contribution in [2.24, 2.45) is 5.92 Å². The number of esters is 1. The van der Waals surface area contributed by atoms with Gasteiger partial charge >= 0.3 is 5.97 Å². The van der Waals surface area contributed by atoms with Crippen molar-refractivity contribution in [3.63, 3.8) is 0 Å². The predicted molar refractivity (Wildman–Crippen MR) is 105 cm³/mol. The van der Waals surface area contributed by atoms with Crippen molar-refractivity contribution in [1.82, 2.24) is 25.1 Å². The molecular weight excluding hydrogens is 342 g/mol. The molecule has 1 heterocycles. The second-order valence-electron chi connectivity index (χ2n) is 7.16. The Balaban J connectivity index is 1.69. The quantitative estimate of drug-likeness (QED) is 0.421. The van der Waals surface area contributed by atoms with Gasteiger partial charge in [0, 0.05) is 18.7 Å². The predicted octanol–water partition coefficient (Wildman–Crippen LogP) is 3.03. The lowest BCUT2D eigenvalue weighted by atomic mass is 10.1. The number of carbonyl (C=O) groups excluding carboxylic acids is 1. The molecule has 27 heavy (non-hydrogen) atoms. The van der Waals surface area contributed by atoms with Crippen molar-refractivity contribution in [2.45, 2.75) is 46.1 Å². The number of unbranched alkanes of at least 4 members (excludes halogenated alkanes) is 2. The number of carbonyl (C=O) groups is 1. The Morgan fingerprint density at radius 3 is 2.63 bits per heavy atom. The molecule has 7 nitrogen and oxygen atoms in total. The largest absolute Gasteiger partial charge is 0.469 e. The van der Waals surface area contributed by atoms with Crippen molar-refractivity contribution in [2.75, 3.05) is 26.7 Å². The summed E-state index contributed by atoms with van der Waals surface area (Å²) in [6.45, 7) is 7.93. The van der Waals surface area contributed by atoms with E-state index in [1.54, 1.807) is 4.80 Å². The molecule has 0 spiro atoms. The van der Waals surface area contributed by atoms with Gasteiger partial charge in [-0.05, 0) is 30.5 Å². The molecule has 0 bridgehead atoms. The molecule has 0 amide bonds. The van der Waals surface area contributed by atoms with E-state index >= 15 is 0 Å². The minimum absolute atomic E-state index is 0.143. The monoisotopic (exact) mass is 373 g/mol. The summed E-state index contributed by atoms with van der Waals surface area (Å²) in [5, 5.41) is 12.7. The number of tetrazole rings is 1. The standard InChI is InChI=1S/C20H31N5O2/c1-17(2)16-24(15-12-19(26)27-3)13-8-5-9-14-25-22-20(21-23-25)18-10-6-4-7-11-18/h4,6-7,10-11,17H,5,8-9,12-16H2,1-3H3. The average Bonchev–Trinajstić information content (AvgIpc) is 3.14. The van der Waals surface area contributed by atoms with Crippen molar-refractivity contribution < 1.29 is 9.53 Å². The molecule has 0 saturated heterocycles. The molecule has 0 unspecified atom stereocenters. The highest BCUT2D eigenvalue weighted by atomic mass is 16.5. The first-order valence-electron chi connectivity index (χ1n) is 9.71. The molecule has 0 fully saturated rings. The van der Waals surface area contributed by atoms with Gasteiger partial charge in [0.05, 0.1) is 20.1 Å². The van der Waals surface area contributed by atoms with E-state index in [2.05, 4.69) is 34.2 Å². The number of benzene rings is 1. The van der Waals surface area contributed by atoms with Crippen LogP contribution >= 0.6 is 0 Å². The number of ether oxygens (including phenoxy) is 1. The third-order valence-corrected chi connectivity index (χ3v) is 4.30. The lowest BCUT2D eigenvalue weighted by Crippen LogP contribution is -2.31. The normalized spacial score (nSPS) is 11.3. The zero-order valence-corrected chi connectivity index (χ0v) is 16.7. The fraction of sp³-hybridized carbons (Fsp3) is 0.600. The molecule has 0 aliphatic rings. The Hall–Kier alpha value is -2.28. The van der Waals surface area contributed by atoms with Crippen molar-refractivity contribution in [1.29, 1.82) is 0 Å². The van der Waals surface area contributed by atoms with E-state index < -0.39 is 0 Å². The van der Waals surface area contributed by atoms with Crippen LogP contribution in [0.3, 0.4) is 0 Å². The summed E-state index contributed by atoms with van der Waals surface area (Å²) >= 11 is 0. The van der Waals surface area contributed by atoms with Crippen LogP contribution in [0.15, 0.2) is 30.3 Å². The van der Waals surface area contributed by atoms with Gasteiger partial charge in [-0.15, -0.1) is 10.2 Å². The van der Waals surface area contributed by atoms with Crippen LogP contribution in [0.2, 0.25) is 0 Å². The van der Waals surface area contributed by atoms with Gasteiger partial charge in [-0.2, -0.15) is 4.80 Å². The van der Waals surface area contributed by atoms with Gasteiger partial charge in [-0.3, -0.25) is 4.79 Å². The summed E-state index contributed by atoms with van der Waals surface area (Å²) in [7, 11) is 1.44. The summed E-state index contributed by atoms with van der Waals surface area (Å²) < 4.78 is 4.74. The summed E-state index contributed by atoms with van der Waals surface area (Å²) in [6.07, 6.45) is 3.65. The maximum atomic E-state index is 11.4. The highest BCUT2D eigenvalue weighted by molar-refractivity contribution is 5.69. The molecule has 0 saturated carbocycles. The lowest BCUT2D eigenvalue weighted by Gasteiger charge is -2.23. The maximum absolute atomic E-state index is 11.4. The van der Waals surface area contributed by atoms with Gasteiger partial charge in [-0.1, -0.05) is 50.6 Å². The van der Waals surface area contributed by atoms with E-state index in [1.807, 2.05) is 30.3 Å². The van der Waals surface area contributed by atoms with Crippen LogP contribution in [0.1, 0.15) is 39.5 Å². The number of hydrogen-bond donors (Lipinski definition) is 0. The van der Waals surface area contributed by atoms with E-state index in [1.165, 1.54) is 7.11 Å². The zero-order chi connectivity index (χ0) is 19.5. The number of hydrogen-bond acceptors (Lipinski definition) is 6. The van der Waals surface area contributed by atoms with Crippen LogP contribution in [0.25, 0.3) is 11.4 Å². The SMILES string of the molecule is COC(=O)CCN(CCCCCn1nnc(-c2ccccc2)n1)CC(C)C. The Morgan fingerprint density at radius 2 is 1.93 bits per heavy atom. The van der Waals surface area contributed by atoms with E-state index in [0.29, 0.717) is 18.2 Å². The first kappa shape index (κ1) is 21.0. The highest BCUT2D eigenvalue weighted by Crippen LogP contribution is 2.12. The fourth-order valence-electron chi connectivity index (χ4n) is 2.97. The van der Waals surface area contributed by atoms with Crippen LogP contribution < -0.4 is 0 Å². The zero-order valence-electron chi connectivity index (χ0n) is 16.7. The smallest absolute Gasteiger partial charge is 0.306 e. The molecule has 2 aromatic rings. The van der Waals surface area contributed by atoms with Crippen LogP contribution in [-0.2, 0) is 16.1 Å². The fourth-order valence-corrected chi connectivity index (χ4v) is 2.97.